The SMILES string of the molecule is CCCc1ccc2c(c1)C(=O)N(CC(OCC)OCC)C2C(C)N. The minimum absolute atomic E-state index is 0.0228. The molecule has 1 aliphatic rings. The Balaban J connectivity index is 2.29. The summed E-state index contributed by atoms with van der Waals surface area (Å²) >= 11 is 0. The average molecular weight is 334 g/mol. The van der Waals surface area contributed by atoms with Gasteiger partial charge in [-0.15, -0.1) is 0 Å². The lowest BCUT2D eigenvalue weighted by Crippen LogP contribution is -2.43. The van der Waals surface area contributed by atoms with Crippen LogP contribution in [0.3, 0.4) is 0 Å². The largest absolute Gasteiger partial charge is 0.351 e. The molecule has 0 spiro atoms. The summed E-state index contributed by atoms with van der Waals surface area (Å²) in [6.45, 7) is 9.41. The van der Waals surface area contributed by atoms with E-state index in [1.807, 2.05) is 26.8 Å². The van der Waals surface area contributed by atoms with E-state index in [2.05, 4.69) is 19.1 Å². The number of aryl methyl sites for hydroxylation is 1. The highest BCUT2D eigenvalue weighted by molar-refractivity contribution is 5.99. The normalized spacial score (nSPS) is 18.3. The third kappa shape index (κ3) is 3.97. The Morgan fingerprint density at radius 1 is 1.21 bits per heavy atom. The Morgan fingerprint density at radius 2 is 1.88 bits per heavy atom. The number of amides is 1. The van der Waals surface area contributed by atoms with Gasteiger partial charge >= 0.3 is 0 Å². The Morgan fingerprint density at radius 3 is 2.42 bits per heavy atom. The molecule has 1 heterocycles. The van der Waals surface area contributed by atoms with Crippen LogP contribution >= 0.6 is 0 Å². The Labute approximate surface area is 145 Å². The number of carbonyl (C=O) groups excluding carboxylic acids is 1. The van der Waals surface area contributed by atoms with Crippen molar-refractivity contribution in [3.63, 3.8) is 0 Å². The van der Waals surface area contributed by atoms with E-state index in [-0.39, 0.29) is 18.0 Å². The minimum Gasteiger partial charge on any atom is -0.351 e. The van der Waals surface area contributed by atoms with Gasteiger partial charge in [-0.25, -0.2) is 0 Å². The topological polar surface area (TPSA) is 64.8 Å². The van der Waals surface area contributed by atoms with Crippen molar-refractivity contribution < 1.29 is 14.3 Å². The maximum absolute atomic E-state index is 13.0. The minimum atomic E-state index is -0.422. The molecular weight excluding hydrogens is 304 g/mol. The molecule has 24 heavy (non-hydrogen) atoms. The first kappa shape index (κ1) is 18.9. The van der Waals surface area contributed by atoms with Crippen molar-refractivity contribution in [2.75, 3.05) is 19.8 Å². The fraction of sp³-hybridized carbons (Fsp3) is 0.632. The van der Waals surface area contributed by atoms with E-state index < -0.39 is 6.29 Å². The van der Waals surface area contributed by atoms with Crippen LogP contribution in [0.15, 0.2) is 18.2 Å². The third-order valence-electron chi connectivity index (χ3n) is 4.35. The highest BCUT2D eigenvalue weighted by Crippen LogP contribution is 2.36. The van der Waals surface area contributed by atoms with Gasteiger partial charge in [0.15, 0.2) is 6.29 Å². The van der Waals surface area contributed by atoms with E-state index in [4.69, 9.17) is 15.2 Å². The Hall–Kier alpha value is -1.43. The second-order valence-corrected chi connectivity index (χ2v) is 6.27. The molecule has 0 saturated carbocycles. The van der Waals surface area contributed by atoms with E-state index in [1.165, 1.54) is 5.56 Å². The highest BCUT2D eigenvalue weighted by Gasteiger charge is 2.39. The standard InChI is InChI=1S/C19H30N2O3/c1-5-8-14-9-10-15-16(11-14)19(22)21(18(15)13(4)20)12-17(23-6-2)24-7-3/h9-11,13,17-18H,5-8,12,20H2,1-4H3. The second kappa shape index (κ2) is 8.60. The van der Waals surface area contributed by atoms with E-state index in [0.29, 0.717) is 19.8 Å². The molecule has 1 aromatic carbocycles. The average Bonchev–Trinajstić information content (AvgIpc) is 2.81. The van der Waals surface area contributed by atoms with Crippen molar-refractivity contribution >= 4 is 5.91 Å². The predicted molar refractivity (Wildman–Crippen MR) is 94.9 cm³/mol. The summed E-state index contributed by atoms with van der Waals surface area (Å²) in [5, 5.41) is 0. The first-order valence-corrected chi connectivity index (χ1v) is 8.95. The van der Waals surface area contributed by atoms with Crippen LogP contribution in [0.4, 0.5) is 0 Å². The van der Waals surface area contributed by atoms with Gasteiger partial charge in [-0.2, -0.15) is 0 Å². The van der Waals surface area contributed by atoms with E-state index in [9.17, 15) is 4.79 Å². The molecule has 2 atom stereocenters. The van der Waals surface area contributed by atoms with Gasteiger partial charge in [0.05, 0.1) is 12.6 Å². The molecule has 2 rings (SSSR count). The molecule has 0 aromatic heterocycles. The third-order valence-corrected chi connectivity index (χ3v) is 4.35. The van der Waals surface area contributed by atoms with Crippen LogP contribution in [0.2, 0.25) is 0 Å². The number of nitrogens with zero attached hydrogens (tertiary/aromatic N) is 1. The first-order valence-electron chi connectivity index (χ1n) is 8.95. The summed E-state index contributed by atoms with van der Waals surface area (Å²) in [6.07, 6.45) is 1.61. The van der Waals surface area contributed by atoms with Gasteiger partial charge in [0.25, 0.3) is 5.91 Å². The molecular formula is C19H30N2O3. The van der Waals surface area contributed by atoms with Crippen LogP contribution < -0.4 is 5.73 Å². The molecule has 0 aliphatic carbocycles. The number of hydrogen-bond acceptors (Lipinski definition) is 4. The lowest BCUT2D eigenvalue weighted by atomic mass is 9.97. The summed E-state index contributed by atoms with van der Waals surface area (Å²) in [5.41, 5.74) is 9.19. The zero-order valence-electron chi connectivity index (χ0n) is 15.2. The number of fused-ring (bicyclic) bond motifs is 1. The molecule has 2 N–H and O–H groups in total. The lowest BCUT2D eigenvalue weighted by Gasteiger charge is -2.31. The smallest absolute Gasteiger partial charge is 0.254 e. The van der Waals surface area contributed by atoms with Gasteiger partial charge < -0.3 is 20.1 Å². The molecule has 0 bridgehead atoms. The number of rotatable bonds is 9. The Bertz CT molecular complexity index is 554. The van der Waals surface area contributed by atoms with Crippen LogP contribution in [0.1, 0.15) is 61.6 Å². The van der Waals surface area contributed by atoms with E-state index in [0.717, 1.165) is 24.0 Å². The van der Waals surface area contributed by atoms with Gasteiger partial charge in [-0.05, 0) is 44.4 Å². The summed E-state index contributed by atoms with van der Waals surface area (Å²) in [7, 11) is 0. The molecule has 134 valence electrons. The van der Waals surface area contributed by atoms with Gasteiger partial charge in [0.1, 0.15) is 0 Å². The summed E-state index contributed by atoms with van der Waals surface area (Å²) < 4.78 is 11.2. The van der Waals surface area contributed by atoms with Gasteiger partial charge in [0.2, 0.25) is 0 Å². The summed E-state index contributed by atoms with van der Waals surface area (Å²) in [6, 6.07) is 5.90. The summed E-state index contributed by atoms with van der Waals surface area (Å²) in [4.78, 5) is 14.8. The predicted octanol–water partition coefficient (Wildman–Crippen LogP) is 2.88. The zero-order valence-corrected chi connectivity index (χ0v) is 15.2. The quantitative estimate of drug-likeness (QED) is 0.705. The van der Waals surface area contributed by atoms with Crippen molar-refractivity contribution in [1.29, 1.82) is 0 Å². The number of carbonyl (C=O) groups is 1. The highest BCUT2D eigenvalue weighted by atomic mass is 16.7. The molecule has 5 nitrogen and oxygen atoms in total. The fourth-order valence-corrected chi connectivity index (χ4v) is 3.39. The molecule has 1 amide bonds. The summed E-state index contributed by atoms with van der Waals surface area (Å²) in [5.74, 6) is 0.0228. The van der Waals surface area contributed by atoms with Gasteiger partial charge in [0, 0.05) is 24.8 Å². The molecule has 0 saturated heterocycles. The first-order chi connectivity index (χ1) is 11.5. The lowest BCUT2D eigenvalue weighted by molar-refractivity contribution is -0.146. The van der Waals surface area contributed by atoms with Crippen LogP contribution in [0, 0.1) is 0 Å². The molecule has 0 radical (unpaired) electrons. The van der Waals surface area contributed by atoms with Crippen LogP contribution in [-0.2, 0) is 15.9 Å². The number of ether oxygens (including phenoxy) is 2. The molecule has 0 fully saturated rings. The number of benzene rings is 1. The Kier molecular flexibility index (Phi) is 6.78. The molecule has 1 aromatic rings. The monoisotopic (exact) mass is 334 g/mol. The van der Waals surface area contributed by atoms with E-state index in [1.54, 1.807) is 4.90 Å². The van der Waals surface area contributed by atoms with Crippen LogP contribution in [-0.4, -0.2) is 42.9 Å². The van der Waals surface area contributed by atoms with Gasteiger partial charge in [-0.1, -0.05) is 25.5 Å². The fourth-order valence-electron chi connectivity index (χ4n) is 3.39. The van der Waals surface area contributed by atoms with Crippen molar-refractivity contribution in [2.24, 2.45) is 5.73 Å². The maximum atomic E-state index is 13.0. The maximum Gasteiger partial charge on any atom is 0.254 e. The molecule has 5 heteroatoms. The van der Waals surface area contributed by atoms with Crippen LogP contribution in [0.25, 0.3) is 0 Å². The molecule has 2 unspecified atom stereocenters. The van der Waals surface area contributed by atoms with Crippen molar-refractivity contribution in [3.8, 4) is 0 Å². The number of nitrogens with two attached hydrogens (primary N) is 1. The van der Waals surface area contributed by atoms with Gasteiger partial charge in [-0.3, -0.25) is 4.79 Å². The second-order valence-electron chi connectivity index (χ2n) is 6.27. The van der Waals surface area contributed by atoms with E-state index >= 15 is 0 Å². The van der Waals surface area contributed by atoms with Crippen molar-refractivity contribution in [1.82, 2.24) is 4.90 Å². The zero-order chi connectivity index (χ0) is 17.7. The van der Waals surface area contributed by atoms with Crippen LogP contribution in [0.5, 0.6) is 0 Å². The molecule has 1 aliphatic heterocycles. The van der Waals surface area contributed by atoms with Crippen molar-refractivity contribution in [3.05, 3.63) is 34.9 Å². The van der Waals surface area contributed by atoms with Crippen molar-refractivity contribution in [2.45, 2.75) is 58.9 Å². The number of hydrogen-bond donors (Lipinski definition) is 1.